The first-order valence-corrected chi connectivity index (χ1v) is 11.3. The normalized spacial score (nSPS) is 24.1. The van der Waals surface area contributed by atoms with Crippen molar-refractivity contribution >= 4 is 23.4 Å². The second-order valence-corrected chi connectivity index (χ2v) is 9.26. The molecule has 1 atom stereocenters. The van der Waals surface area contributed by atoms with Gasteiger partial charge in [0.1, 0.15) is 0 Å². The number of likely N-dealkylation sites (tertiary alicyclic amines) is 2. The molecular formula is C23H31ClN2O2. The highest BCUT2D eigenvalue weighted by Gasteiger charge is 2.48. The average Bonchev–Trinajstić information content (AvgIpc) is 3.22. The van der Waals surface area contributed by atoms with Crippen molar-refractivity contribution in [2.45, 2.75) is 63.2 Å². The molecule has 0 radical (unpaired) electrons. The molecule has 0 bridgehead atoms. The lowest BCUT2D eigenvalue weighted by Gasteiger charge is -2.46. The fourth-order valence-corrected chi connectivity index (χ4v) is 5.29. The number of benzene rings is 1. The predicted molar refractivity (Wildman–Crippen MR) is 111 cm³/mol. The smallest absolute Gasteiger partial charge is 0.233 e. The minimum atomic E-state index is -0.349. The molecule has 1 saturated carbocycles. The summed E-state index contributed by atoms with van der Waals surface area (Å²) >= 11 is 6.05. The van der Waals surface area contributed by atoms with Gasteiger partial charge in [-0.15, -0.1) is 0 Å². The van der Waals surface area contributed by atoms with E-state index in [2.05, 4.69) is 4.90 Å². The van der Waals surface area contributed by atoms with Gasteiger partial charge in [0.2, 0.25) is 11.8 Å². The van der Waals surface area contributed by atoms with Crippen LogP contribution in [0.1, 0.15) is 63.4 Å². The van der Waals surface area contributed by atoms with E-state index in [0.717, 1.165) is 83.1 Å². The minimum Gasteiger partial charge on any atom is -0.343 e. The lowest BCUT2D eigenvalue weighted by atomic mass is 9.63. The maximum Gasteiger partial charge on any atom is 0.233 e. The summed E-state index contributed by atoms with van der Waals surface area (Å²) in [7, 11) is 0. The van der Waals surface area contributed by atoms with E-state index in [1.807, 2.05) is 29.2 Å². The van der Waals surface area contributed by atoms with E-state index < -0.39 is 0 Å². The van der Waals surface area contributed by atoms with Gasteiger partial charge in [-0.25, -0.2) is 0 Å². The molecule has 5 heteroatoms. The third-order valence-corrected chi connectivity index (χ3v) is 7.30. The Labute approximate surface area is 173 Å². The van der Waals surface area contributed by atoms with Gasteiger partial charge in [-0.3, -0.25) is 9.59 Å². The molecule has 2 aliphatic heterocycles. The summed E-state index contributed by atoms with van der Waals surface area (Å²) in [5.41, 5.74) is 0.761. The van der Waals surface area contributed by atoms with Gasteiger partial charge >= 0.3 is 0 Å². The molecule has 1 aromatic carbocycles. The topological polar surface area (TPSA) is 40.6 Å². The van der Waals surface area contributed by atoms with Crippen LogP contribution in [-0.4, -0.2) is 47.8 Å². The third-order valence-electron chi connectivity index (χ3n) is 7.04. The summed E-state index contributed by atoms with van der Waals surface area (Å²) in [5, 5.41) is 0.714. The molecule has 1 aliphatic carbocycles. The Bertz CT molecular complexity index is 708. The maximum absolute atomic E-state index is 13.5. The molecule has 1 aromatic rings. The van der Waals surface area contributed by atoms with Crippen LogP contribution in [0.4, 0.5) is 0 Å². The second-order valence-electron chi connectivity index (χ2n) is 8.83. The van der Waals surface area contributed by atoms with E-state index in [-0.39, 0.29) is 11.3 Å². The lowest BCUT2D eigenvalue weighted by molar-refractivity contribution is -0.143. The lowest BCUT2D eigenvalue weighted by Crippen LogP contribution is -2.53. The average molecular weight is 403 g/mol. The Kier molecular flexibility index (Phi) is 5.96. The van der Waals surface area contributed by atoms with Crippen LogP contribution in [0.25, 0.3) is 0 Å². The van der Waals surface area contributed by atoms with Gasteiger partial charge in [-0.05, 0) is 68.6 Å². The number of carbonyl (C=O) groups is 2. The van der Waals surface area contributed by atoms with E-state index in [1.165, 1.54) is 0 Å². The molecule has 2 heterocycles. The van der Waals surface area contributed by atoms with Crippen molar-refractivity contribution in [3.05, 3.63) is 34.9 Å². The van der Waals surface area contributed by atoms with E-state index in [4.69, 9.17) is 11.6 Å². The van der Waals surface area contributed by atoms with Crippen molar-refractivity contribution in [3.63, 3.8) is 0 Å². The van der Waals surface area contributed by atoms with Crippen LogP contribution in [0.5, 0.6) is 0 Å². The van der Waals surface area contributed by atoms with Crippen molar-refractivity contribution in [2.24, 2.45) is 5.92 Å². The van der Waals surface area contributed by atoms with Gasteiger partial charge in [0, 0.05) is 37.6 Å². The first-order valence-electron chi connectivity index (χ1n) is 10.9. The fraction of sp³-hybridized carbons (Fsp3) is 0.652. The summed E-state index contributed by atoms with van der Waals surface area (Å²) in [5.74, 6) is 1.04. The number of rotatable bonds is 5. The quantitative estimate of drug-likeness (QED) is 0.732. The van der Waals surface area contributed by atoms with Crippen molar-refractivity contribution in [1.29, 1.82) is 0 Å². The third kappa shape index (κ3) is 3.94. The van der Waals surface area contributed by atoms with E-state index in [0.29, 0.717) is 23.3 Å². The molecule has 3 fully saturated rings. The largest absolute Gasteiger partial charge is 0.343 e. The molecule has 28 heavy (non-hydrogen) atoms. The molecule has 2 amide bonds. The Morgan fingerprint density at radius 1 is 0.964 bits per heavy atom. The standard InChI is InChI=1S/C23H31ClN2O2/c24-20-9-7-19(8-10-20)23(12-4-13-23)22(28)26-16-3-5-18(17-26)6-11-21(27)25-14-1-2-15-25/h7-10,18H,1-6,11-17H2. The number of carbonyl (C=O) groups excluding carboxylic acids is 2. The van der Waals surface area contributed by atoms with Gasteiger partial charge in [0.05, 0.1) is 5.41 Å². The van der Waals surface area contributed by atoms with Crippen LogP contribution in [0.15, 0.2) is 24.3 Å². The molecule has 3 aliphatic rings. The predicted octanol–water partition coefficient (Wildman–Crippen LogP) is 4.40. The van der Waals surface area contributed by atoms with Gasteiger partial charge in [0.15, 0.2) is 0 Å². The summed E-state index contributed by atoms with van der Waals surface area (Å²) in [6, 6.07) is 7.84. The van der Waals surface area contributed by atoms with E-state index in [1.54, 1.807) is 0 Å². The number of amides is 2. The maximum atomic E-state index is 13.5. The van der Waals surface area contributed by atoms with Crippen molar-refractivity contribution in [2.75, 3.05) is 26.2 Å². The molecule has 4 nitrogen and oxygen atoms in total. The molecule has 2 saturated heterocycles. The summed E-state index contributed by atoms with van der Waals surface area (Å²) < 4.78 is 0. The van der Waals surface area contributed by atoms with Crippen molar-refractivity contribution in [3.8, 4) is 0 Å². The number of hydrogen-bond acceptors (Lipinski definition) is 2. The minimum absolute atomic E-state index is 0.289. The fourth-order valence-electron chi connectivity index (χ4n) is 5.17. The van der Waals surface area contributed by atoms with Crippen LogP contribution in [0.3, 0.4) is 0 Å². The number of halogens is 1. The molecule has 152 valence electrons. The van der Waals surface area contributed by atoms with Crippen LogP contribution in [0, 0.1) is 5.92 Å². The highest BCUT2D eigenvalue weighted by Crippen LogP contribution is 2.46. The van der Waals surface area contributed by atoms with Crippen LogP contribution in [0.2, 0.25) is 5.02 Å². The molecule has 0 spiro atoms. The first kappa shape index (κ1) is 19.8. The summed E-state index contributed by atoms with van der Waals surface area (Å²) in [6.45, 7) is 3.52. The molecular weight excluding hydrogens is 372 g/mol. The Hall–Kier alpha value is -1.55. The zero-order valence-electron chi connectivity index (χ0n) is 16.7. The second kappa shape index (κ2) is 8.44. The molecule has 1 unspecified atom stereocenters. The van der Waals surface area contributed by atoms with Crippen molar-refractivity contribution in [1.82, 2.24) is 9.80 Å². The number of nitrogens with zero attached hydrogens (tertiary/aromatic N) is 2. The van der Waals surface area contributed by atoms with Crippen molar-refractivity contribution < 1.29 is 9.59 Å². The van der Waals surface area contributed by atoms with Crippen LogP contribution >= 0.6 is 11.6 Å². The molecule has 0 N–H and O–H groups in total. The zero-order valence-corrected chi connectivity index (χ0v) is 17.4. The monoisotopic (exact) mass is 402 g/mol. The Morgan fingerprint density at radius 3 is 2.29 bits per heavy atom. The first-order chi connectivity index (χ1) is 13.6. The molecule has 0 aromatic heterocycles. The summed E-state index contributed by atoms with van der Waals surface area (Å²) in [6.07, 6.45) is 8.98. The summed E-state index contributed by atoms with van der Waals surface area (Å²) in [4.78, 5) is 30.0. The van der Waals surface area contributed by atoms with Gasteiger partial charge in [-0.1, -0.05) is 30.2 Å². The molecule has 4 rings (SSSR count). The highest BCUT2D eigenvalue weighted by atomic mass is 35.5. The number of hydrogen-bond donors (Lipinski definition) is 0. The van der Waals surface area contributed by atoms with Gasteiger partial charge in [-0.2, -0.15) is 0 Å². The SMILES string of the molecule is O=C(CCC1CCCN(C(=O)C2(c3ccc(Cl)cc3)CCC2)C1)N1CCCC1. The highest BCUT2D eigenvalue weighted by molar-refractivity contribution is 6.30. The Balaban J connectivity index is 1.37. The van der Waals surface area contributed by atoms with Crippen LogP contribution < -0.4 is 0 Å². The van der Waals surface area contributed by atoms with E-state index >= 15 is 0 Å². The zero-order chi connectivity index (χ0) is 19.6. The van der Waals surface area contributed by atoms with Gasteiger partial charge in [0.25, 0.3) is 0 Å². The Morgan fingerprint density at radius 2 is 1.64 bits per heavy atom. The van der Waals surface area contributed by atoms with Gasteiger partial charge < -0.3 is 9.80 Å². The van der Waals surface area contributed by atoms with Crippen LogP contribution in [-0.2, 0) is 15.0 Å². The van der Waals surface area contributed by atoms with E-state index in [9.17, 15) is 9.59 Å². The number of piperidine rings is 1.